The van der Waals surface area contributed by atoms with Gasteiger partial charge in [0.1, 0.15) is 5.75 Å². The fourth-order valence-corrected chi connectivity index (χ4v) is 4.53. The normalized spacial score (nSPS) is 11.2. The second kappa shape index (κ2) is 10.7. The van der Waals surface area contributed by atoms with Gasteiger partial charge in [0, 0.05) is 24.4 Å². The number of ether oxygens (including phenoxy) is 1. The summed E-state index contributed by atoms with van der Waals surface area (Å²) in [6.07, 6.45) is 0.403. The molecule has 0 saturated heterocycles. The number of nitrogens with one attached hydrogen (secondary N) is 1. The number of hydrogen-bond acceptors (Lipinski definition) is 6. The third-order valence-corrected chi connectivity index (χ3v) is 6.71. The number of nitro benzene ring substituents is 1. The first-order valence-electron chi connectivity index (χ1n) is 10.0. The van der Waals surface area contributed by atoms with E-state index < -0.39 is 27.4 Å². The van der Waals surface area contributed by atoms with Crippen LogP contribution < -0.4 is 10.1 Å². The molecule has 0 spiro atoms. The third kappa shape index (κ3) is 6.37. The lowest BCUT2D eigenvalue weighted by Gasteiger charge is -2.22. The Morgan fingerprint density at radius 3 is 2.36 bits per heavy atom. The van der Waals surface area contributed by atoms with E-state index in [0.29, 0.717) is 12.2 Å². The summed E-state index contributed by atoms with van der Waals surface area (Å²) in [5.74, 6) is -0.103. The summed E-state index contributed by atoms with van der Waals surface area (Å²) >= 11 is 0. The molecular formula is C23H23N3O6S. The number of amides is 1. The van der Waals surface area contributed by atoms with Crippen molar-refractivity contribution in [2.75, 3.05) is 25.5 Å². The van der Waals surface area contributed by atoms with Gasteiger partial charge in [-0.1, -0.05) is 36.4 Å². The van der Waals surface area contributed by atoms with Crippen LogP contribution in [0.2, 0.25) is 0 Å². The minimum atomic E-state index is -4.00. The molecule has 0 atom stereocenters. The smallest absolute Gasteiger partial charge is 0.271 e. The van der Waals surface area contributed by atoms with Crippen molar-refractivity contribution >= 4 is 27.3 Å². The quantitative estimate of drug-likeness (QED) is 0.359. The van der Waals surface area contributed by atoms with Crippen LogP contribution in [0.1, 0.15) is 5.56 Å². The number of anilines is 1. The van der Waals surface area contributed by atoms with Crippen molar-refractivity contribution in [3.8, 4) is 5.75 Å². The number of benzene rings is 3. The lowest BCUT2D eigenvalue weighted by Crippen LogP contribution is -2.39. The van der Waals surface area contributed by atoms with E-state index in [1.165, 1.54) is 55.6 Å². The fourth-order valence-electron chi connectivity index (χ4n) is 3.14. The first kappa shape index (κ1) is 23.9. The van der Waals surface area contributed by atoms with E-state index in [2.05, 4.69) is 5.32 Å². The molecule has 0 saturated carbocycles. The van der Waals surface area contributed by atoms with Gasteiger partial charge in [-0.25, -0.2) is 8.42 Å². The standard InChI is InChI=1S/C23H23N3O6S/c1-32-21-10-12-22(13-11-21)33(30,31)25(15-14-18-6-3-2-4-7-18)17-23(27)24-19-8-5-9-20(16-19)26(28)29/h2-13,16H,14-15,17H2,1H3,(H,24,27). The predicted molar refractivity (Wildman–Crippen MR) is 124 cm³/mol. The number of carbonyl (C=O) groups is 1. The Kier molecular flexibility index (Phi) is 7.75. The molecule has 1 amide bonds. The predicted octanol–water partition coefficient (Wildman–Crippen LogP) is 3.48. The largest absolute Gasteiger partial charge is 0.497 e. The highest BCUT2D eigenvalue weighted by atomic mass is 32.2. The van der Waals surface area contributed by atoms with Gasteiger partial charge in [-0.3, -0.25) is 14.9 Å². The van der Waals surface area contributed by atoms with E-state index >= 15 is 0 Å². The zero-order chi connectivity index (χ0) is 23.8. The van der Waals surface area contributed by atoms with Crippen LogP contribution >= 0.6 is 0 Å². The number of carbonyl (C=O) groups excluding carboxylic acids is 1. The number of methoxy groups -OCH3 is 1. The van der Waals surface area contributed by atoms with Crippen molar-refractivity contribution in [2.24, 2.45) is 0 Å². The number of nitrogens with zero attached hydrogens (tertiary/aromatic N) is 2. The maximum absolute atomic E-state index is 13.3. The number of non-ortho nitro benzene ring substituents is 1. The van der Waals surface area contributed by atoms with Crippen LogP contribution in [0.15, 0.2) is 83.8 Å². The number of sulfonamides is 1. The minimum absolute atomic E-state index is 0.0273. The van der Waals surface area contributed by atoms with Gasteiger partial charge >= 0.3 is 0 Å². The van der Waals surface area contributed by atoms with Crippen LogP contribution in [0.25, 0.3) is 0 Å². The molecule has 3 aromatic carbocycles. The van der Waals surface area contributed by atoms with Gasteiger partial charge in [0.05, 0.1) is 23.5 Å². The lowest BCUT2D eigenvalue weighted by molar-refractivity contribution is -0.384. The Morgan fingerprint density at radius 2 is 1.73 bits per heavy atom. The SMILES string of the molecule is COc1ccc(S(=O)(=O)N(CCc2ccccc2)CC(=O)Nc2cccc([N+](=O)[O-])c2)cc1. The summed E-state index contributed by atoms with van der Waals surface area (Å²) in [5, 5.41) is 13.5. The van der Waals surface area contributed by atoms with E-state index in [0.717, 1.165) is 9.87 Å². The zero-order valence-corrected chi connectivity index (χ0v) is 18.7. The van der Waals surface area contributed by atoms with Crippen LogP contribution in [-0.4, -0.2) is 43.8 Å². The van der Waals surface area contributed by atoms with Gasteiger partial charge in [-0.05, 0) is 42.3 Å². The maximum atomic E-state index is 13.3. The molecule has 0 aliphatic carbocycles. The van der Waals surface area contributed by atoms with Crippen molar-refractivity contribution < 1.29 is 22.9 Å². The summed E-state index contributed by atoms with van der Waals surface area (Å²) in [7, 11) is -2.52. The molecule has 3 aromatic rings. The summed E-state index contributed by atoms with van der Waals surface area (Å²) in [5.41, 5.74) is 0.949. The molecule has 10 heteroatoms. The van der Waals surface area contributed by atoms with Gasteiger partial charge in [-0.2, -0.15) is 4.31 Å². The summed E-state index contributed by atoms with van der Waals surface area (Å²) < 4.78 is 32.8. The molecule has 0 bridgehead atoms. The highest BCUT2D eigenvalue weighted by molar-refractivity contribution is 7.89. The van der Waals surface area contributed by atoms with Crippen LogP contribution in [0, 0.1) is 10.1 Å². The van der Waals surface area contributed by atoms with Crippen molar-refractivity contribution in [3.63, 3.8) is 0 Å². The first-order valence-corrected chi connectivity index (χ1v) is 11.5. The average molecular weight is 470 g/mol. The van der Waals surface area contributed by atoms with Crippen LogP contribution in [-0.2, 0) is 21.2 Å². The Hall–Kier alpha value is -3.76. The highest BCUT2D eigenvalue weighted by Gasteiger charge is 2.27. The maximum Gasteiger partial charge on any atom is 0.271 e. The summed E-state index contributed by atoms with van der Waals surface area (Å²) in [4.78, 5) is 23.1. The molecule has 0 heterocycles. The number of nitro groups is 1. The molecule has 9 nitrogen and oxygen atoms in total. The average Bonchev–Trinajstić information content (AvgIpc) is 2.82. The summed E-state index contributed by atoms with van der Waals surface area (Å²) in [6, 6.07) is 20.7. The Balaban J connectivity index is 1.81. The van der Waals surface area contributed by atoms with Crippen molar-refractivity contribution in [3.05, 3.63) is 94.5 Å². The van der Waals surface area contributed by atoms with Crippen molar-refractivity contribution in [2.45, 2.75) is 11.3 Å². The fraction of sp³-hybridized carbons (Fsp3) is 0.174. The van der Waals surface area contributed by atoms with E-state index in [-0.39, 0.29) is 22.8 Å². The van der Waals surface area contributed by atoms with Crippen molar-refractivity contribution in [1.82, 2.24) is 4.31 Å². The van der Waals surface area contributed by atoms with Gasteiger partial charge in [0.25, 0.3) is 5.69 Å². The molecule has 0 aliphatic heterocycles. The second-order valence-electron chi connectivity index (χ2n) is 7.11. The molecule has 172 valence electrons. The van der Waals surface area contributed by atoms with E-state index in [1.54, 1.807) is 0 Å². The van der Waals surface area contributed by atoms with Gasteiger partial charge < -0.3 is 10.1 Å². The van der Waals surface area contributed by atoms with Crippen LogP contribution in [0.4, 0.5) is 11.4 Å². The second-order valence-corrected chi connectivity index (χ2v) is 9.04. The van der Waals surface area contributed by atoms with Gasteiger partial charge in [0.15, 0.2) is 0 Å². The Morgan fingerprint density at radius 1 is 1.03 bits per heavy atom. The topological polar surface area (TPSA) is 119 Å². The Bertz CT molecular complexity index is 1210. The zero-order valence-electron chi connectivity index (χ0n) is 17.9. The van der Waals surface area contributed by atoms with Crippen molar-refractivity contribution in [1.29, 1.82) is 0 Å². The highest BCUT2D eigenvalue weighted by Crippen LogP contribution is 2.21. The van der Waals surface area contributed by atoms with E-state index in [1.807, 2.05) is 30.3 Å². The monoisotopic (exact) mass is 469 g/mol. The molecule has 0 aromatic heterocycles. The Labute approximate surface area is 191 Å². The third-order valence-electron chi connectivity index (χ3n) is 4.85. The lowest BCUT2D eigenvalue weighted by atomic mass is 10.1. The minimum Gasteiger partial charge on any atom is -0.497 e. The van der Waals surface area contributed by atoms with Gasteiger partial charge in [-0.15, -0.1) is 0 Å². The molecule has 33 heavy (non-hydrogen) atoms. The van der Waals surface area contributed by atoms with Gasteiger partial charge in [0.2, 0.25) is 15.9 Å². The first-order chi connectivity index (χ1) is 15.8. The molecule has 0 fully saturated rings. The molecule has 3 rings (SSSR count). The number of rotatable bonds is 10. The summed E-state index contributed by atoms with van der Waals surface area (Å²) in [6.45, 7) is -0.384. The van der Waals surface area contributed by atoms with E-state index in [4.69, 9.17) is 4.74 Å². The van der Waals surface area contributed by atoms with Crippen LogP contribution in [0.3, 0.4) is 0 Å². The molecule has 0 unspecified atom stereocenters. The van der Waals surface area contributed by atoms with Crippen LogP contribution in [0.5, 0.6) is 5.75 Å². The number of hydrogen-bond donors (Lipinski definition) is 1. The molecular weight excluding hydrogens is 446 g/mol. The molecule has 0 radical (unpaired) electrons. The molecule has 1 N–H and O–H groups in total. The molecule has 0 aliphatic rings. The van der Waals surface area contributed by atoms with E-state index in [9.17, 15) is 23.3 Å².